The molecule has 1 aliphatic heterocycles. The summed E-state index contributed by atoms with van der Waals surface area (Å²) in [5, 5.41) is -5.27. The zero-order valence-electron chi connectivity index (χ0n) is 22.6. The van der Waals surface area contributed by atoms with E-state index < -0.39 is 67.4 Å². The Morgan fingerprint density at radius 2 is 1.60 bits per heavy atom. The molecule has 0 aromatic carbocycles. The van der Waals surface area contributed by atoms with Gasteiger partial charge in [0.05, 0.1) is 17.9 Å². The topological polar surface area (TPSA) is 168 Å². The van der Waals surface area contributed by atoms with Crippen molar-refractivity contribution in [2.24, 2.45) is 41.4 Å². The van der Waals surface area contributed by atoms with Gasteiger partial charge in [0.25, 0.3) is 0 Å². The summed E-state index contributed by atoms with van der Waals surface area (Å²) >= 11 is 0. The molecule has 234 valence electrons. The van der Waals surface area contributed by atoms with Crippen molar-refractivity contribution in [2.45, 2.75) is 99.8 Å². The fourth-order valence-electron chi connectivity index (χ4n) is 9.36. The Kier molecular flexibility index (Phi) is 6.55. The first-order valence-electron chi connectivity index (χ1n) is 14.7. The smallest absolute Gasteiger partial charge is 0.455 e. The number of carbonyl (C=O) groups excluding carboxylic acids is 3. The molecule has 0 spiro atoms. The molecule has 1 N–H and O–H groups in total. The lowest BCUT2D eigenvalue weighted by molar-refractivity contribution is -0.205. The first-order valence-corrected chi connectivity index (χ1v) is 17.5. The Morgan fingerprint density at radius 1 is 0.929 bits per heavy atom. The number of sulfonamides is 1. The van der Waals surface area contributed by atoms with Crippen molar-refractivity contribution in [1.82, 2.24) is 4.13 Å². The lowest BCUT2D eigenvalue weighted by atomic mass is 9.53. The highest BCUT2D eigenvalue weighted by molar-refractivity contribution is 8.03. The van der Waals surface area contributed by atoms with Crippen LogP contribution in [-0.4, -0.2) is 63.9 Å². The molecule has 6 bridgehead atoms. The molecule has 7 saturated carbocycles. The van der Waals surface area contributed by atoms with E-state index in [1.807, 2.05) is 0 Å². The van der Waals surface area contributed by atoms with Crippen LogP contribution < -0.4 is 4.13 Å². The predicted molar refractivity (Wildman–Crippen MR) is 135 cm³/mol. The third-order valence-electron chi connectivity index (χ3n) is 10.8. The summed E-state index contributed by atoms with van der Waals surface area (Å²) < 4.78 is 103. The standard InChI is InChI=1S/C26H33F2NO11S2/c27-26(28,24(32)38-20-14-7-17-18(8-14)23(31)37-21(17)20)41(33,34)29-42(35,36)40-19-15-5-12-6-16(19)11-25(9-12,10-15)39-22(30)13-3-1-2-4-13/h12-21,29H,1-11H2. The van der Waals surface area contributed by atoms with E-state index in [9.17, 15) is 40.0 Å². The van der Waals surface area contributed by atoms with Gasteiger partial charge >= 0.3 is 43.5 Å². The minimum atomic E-state index is -6.16. The fourth-order valence-corrected chi connectivity index (χ4v) is 11.9. The summed E-state index contributed by atoms with van der Waals surface area (Å²) in [6.45, 7) is 0. The summed E-state index contributed by atoms with van der Waals surface area (Å²) in [4.78, 5) is 37.1. The van der Waals surface area contributed by atoms with E-state index in [1.165, 1.54) is 0 Å². The van der Waals surface area contributed by atoms with Gasteiger partial charge in [-0.15, -0.1) is 0 Å². The highest BCUT2D eigenvalue weighted by Gasteiger charge is 2.66. The second kappa shape index (κ2) is 9.54. The lowest BCUT2D eigenvalue weighted by Gasteiger charge is -2.58. The van der Waals surface area contributed by atoms with E-state index in [0.717, 1.165) is 29.8 Å². The summed E-state index contributed by atoms with van der Waals surface area (Å²) in [5.74, 6) is -5.03. The molecule has 8 fully saturated rings. The second-order valence-electron chi connectivity index (χ2n) is 13.4. The van der Waals surface area contributed by atoms with E-state index in [0.29, 0.717) is 38.5 Å². The Bertz CT molecular complexity index is 1400. The quantitative estimate of drug-likeness (QED) is 0.290. The minimum absolute atomic E-state index is 0.137. The van der Waals surface area contributed by atoms with Crippen LogP contribution in [0.15, 0.2) is 0 Å². The van der Waals surface area contributed by atoms with E-state index in [2.05, 4.69) is 0 Å². The van der Waals surface area contributed by atoms with Gasteiger partial charge in [0, 0.05) is 11.8 Å². The average Bonchev–Trinajstić information content (AvgIpc) is 3.65. The molecular weight excluding hydrogens is 604 g/mol. The molecule has 12 nitrogen and oxygen atoms in total. The normalized spacial score (nSPS) is 42.2. The number of hydrogen-bond acceptors (Lipinski definition) is 11. The van der Waals surface area contributed by atoms with Gasteiger partial charge in [-0.1, -0.05) is 17.0 Å². The van der Waals surface area contributed by atoms with Gasteiger partial charge in [-0.25, -0.2) is 13.2 Å². The summed E-state index contributed by atoms with van der Waals surface area (Å²) in [5.41, 5.74) is -0.733. The van der Waals surface area contributed by atoms with Crippen LogP contribution in [0.3, 0.4) is 0 Å². The molecule has 42 heavy (non-hydrogen) atoms. The number of ether oxygens (including phenoxy) is 3. The van der Waals surface area contributed by atoms with Crippen LogP contribution in [-0.2, 0) is 53.1 Å². The number of alkyl halides is 2. The van der Waals surface area contributed by atoms with Crippen LogP contribution in [0.1, 0.15) is 70.6 Å². The molecule has 1 saturated heterocycles. The lowest BCUT2D eigenvalue weighted by Crippen LogP contribution is -2.60. The van der Waals surface area contributed by atoms with Gasteiger partial charge < -0.3 is 14.2 Å². The number of carbonyl (C=O) groups is 3. The number of esters is 3. The third-order valence-corrected chi connectivity index (χ3v) is 13.8. The van der Waals surface area contributed by atoms with Gasteiger partial charge in [0.1, 0.15) is 17.8 Å². The maximum absolute atomic E-state index is 14.9. The zero-order valence-corrected chi connectivity index (χ0v) is 24.2. The predicted octanol–water partition coefficient (Wildman–Crippen LogP) is 1.93. The zero-order chi connectivity index (χ0) is 29.8. The molecule has 0 aromatic heterocycles. The molecule has 7 atom stereocenters. The number of fused-ring (bicyclic) bond motifs is 1. The fraction of sp³-hybridized carbons (Fsp3) is 0.885. The number of hydrogen-bond donors (Lipinski definition) is 1. The van der Waals surface area contributed by atoms with Crippen molar-refractivity contribution < 1.29 is 58.4 Å². The molecule has 1 heterocycles. The summed E-state index contributed by atoms with van der Waals surface area (Å²) in [6, 6.07) is 0. The number of nitrogens with one attached hydrogen (secondary N) is 1. The first kappa shape index (κ1) is 28.8. The van der Waals surface area contributed by atoms with Crippen LogP contribution in [0, 0.1) is 41.4 Å². The van der Waals surface area contributed by atoms with Crippen LogP contribution in [0.5, 0.6) is 0 Å². The highest BCUT2D eigenvalue weighted by Crippen LogP contribution is 2.59. The van der Waals surface area contributed by atoms with Crippen molar-refractivity contribution >= 4 is 38.2 Å². The van der Waals surface area contributed by atoms with Gasteiger partial charge in [-0.2, -0.15) is 17.2 Å². The van der Waals surface area contributed by atoms with Gasteiger partial charge in [-0.3, -0.25) is 13.8 Å². The molecule has 7 aliphatic carbocycles. The third kappa shape index (κ3) is 4.57. The average molecular weight is 638 g/mol. The molecule has 7 unspecified atom stereocenters. The van der Waals surface area contributed by atoms with Crippen LogP contribution >= 0.6 is 0 Å². The number of halogens is 2. The van der Waals surface area contributed by atoms with Crippen molar-refractivity contribution in [3.63, 3.8) is 0 Å². The molecule has 0 aromatic rings. The maximum atomic E-state index is 14.9. The van der Waals surface area contributed by atoms with E-state index in [4.69, 9.17) is 18.4 Å². The summed E-state index contributed by atoms with van der Waals surface area (Å²) in [6.07, 6.45) is 3.54. The van der Waals surface area contributed by atoms with E-state index in [1.54, 1.807) is 0 Å². The van der Waals surface area contributed by atoms with Crippen LogP contribution in [0.25, 0.3) is 0 Å². The van der Waals surface area contributed by atoms with Gasteiger partial charge in [-0.05, 0) is 75.5 Å². The molecule has 8 rings (SSSR count). The molecular formula is C26H33F2NO11S2. The minimum Gasteiger partial charge on any atom is -0.459 e. The van der Waals surface area contributed by atoms with Crippen molar-refractivity contribution in [3.05, 3.63) is 0 Å². The van der Waals surface area contributed by atoms with Gasteiger partial charge in [0.2, 0.25) is 0 Å². The van der Waals surface area contributed by atoms with Crippen molar-refractivity contribution in [2.75, 3.05) is 0 Å². The first-order chi connectivity index (χ1) is 19.7. The SMILES string of the molecule is O=C(OC12CC3CC(C1)C(OS(=O)(=O)NS(=O)(=O)C(F)(F)C(=O)OC1C4CC5C(=O)OC1C5C4)C(C3)C2)C1CCCC1. The maximum Gasteiger partial charge on any atom is 0.455 e. The number of rotatable bonds is 9. The van der Waals surface area contributed by atoms with Crippen molar-refractivity contribution in [1.29, 1.82) is 0 Å². The van der Waals surface area contributed by atoms with Crippen molar-refractivity contribution in [3.8, 4) is 0 Å². The monoisotopic (exact) mass is 637 g/mol. The van der Waals surface area contributed by atoms with Crippen LogP contribution in [0.2, 0.25) is 0 Å². The molecule has 0 radical (unpaired) electrons. The van der Waals surface area contributed by atoms with E-state index >= 15 is 0 Å². The Balaban J connectivity index is 0.999. The molecule has 8 aliphatic rings. The van der Waals surface area contributed by atoms with Gasteiger partial charge in [0.15, 0.2) is 0 Å². The molecule has 0 amide bonds. The summed E-state index contributed by atoms with van der Waals surface area (Å²) in [7, 11) is -11.5. The Labute approximate surface area is 241 Å². The van der Waals surface area contributed by atoms with E-state index in [-0.39, 0.29) is 47.9 Å². The van der Waals surface area contributed by atoms with Crippen LogP contribution in [0.4, 0.5) is 8.78 Å². The Morgan fingerprint density at radius 3 is 2.26 bits per heavy atom. The molecule has 16 heteroatoms. The largest absolute Gasteiger partial charge is 0.459 e. The Hall–Kier alpha value is -1.91. The highest BCUT2D eigenvalue weighted by atomic mass is 32.3. The second-order valence-corrected chi connectivity index (χ2v) is 16.7.